The number of ether oxygens (including phenoxy) is 1. The van der Waals surface area contributed by atoms with Crippen LogP contribution in [0.1, 0.15) is 21.5 Å². The first-order valence-electron chi connectivity index (χ1n) is 9.20. The van der Waals surface area contributed by atoms with Crippen LogP contribution in [0.5, 0.6) is 5.75 Å². The van der Waals surface area contributed by atoms with Gasteiger partial charge < -0.3 is 15.2 Å². The number of carbonyl (C=O) groups is 2. The SMILES string of the molecule is O=C(O)/C(=C\c1ccccc1OCCc1ccccc1)NC(=O)c1ccccc1. The van der Waals surface area contributed by atoms with Gasteiger partial charge in [-0.3, -0.25) is 4.79 Å². The standard InChI is InChI=1S/C24H21NO4/c26-23(19-11-5-2-6-12-19)25-21(24(27)28)17-20-13-7-8-14-22(20)29-16-15-18-9-3-1-4-10-18/h1-14,17H,15-16H2,(H,25,26)(H,27,28)/b21-17+. The van der Waals surface area contributed by atoms with Crippen LogP contribution in [0.2, 0.25) is 0 Å². The fourth-order valence-electron chi connectivity index (χ4n) is 2.75. The molecule has 0 aliphatic carbocycles. The van der Waals surface area contributed by atoms with E-state index in [2.05, 4.69) is 5.32 Å². The van der Waals surface area contributed by atoms with Gasteiger partial charge in [-0.15, -0.1) is 0 Å². The molecule has 3 rings (SSSR count). The van der Waals surface area contributed by atoms with E-state index < -0.39 is 11.9 Å². The summed E-state index contributed by atoms with van der Waals surface area (Å²) in [5.74, 6) is -1.16. The molecular weight excluding hydrogens is 366 g/mol. The Morgan fingerprint density at radius 1 is 0.862 bits per heavy atom. The van der Waals surface area contributed by atoms with E-state index in [-0.39, 0.29) is 5.70 Å². The van der Waals surface area contributed by atoms with Crippen molar-refractivity contribution in [3.63, 3.8) is 0 Å². The zero-order valence-electron chi connectivity index (χ0n) is 15.7. The zero-order valence-corrected chi connectivity index (χ0v) is 15.7. The van der Waals surface area contributed by atoms with Gasteiger partial charge in [0, 0.05) is 17.5 Å². The van der Waals surface area contributed by atoms with Gasteiger partial charge in [0.25, 0.3) is 5.91 Å². The van der Waals surface area contributed by atoms with Crippen LogP contribution in [0.15, 0.2) is 90.6 Å². The lowest BCUT2D eigenvalue weighted by Gasteiger charge is -2.11. The molecule has 0 aliphatic rings. The van der Waals surface area contributed by atoms with Crippen molar-refractivity contribution in [2.75, 3.05) is 6.61 Å². The molecule has 0 spiro atoms. The summed E-state index contributed by atoms with van der Waals surface area (Å²) < 4.78 is 5.86. The third-order valence-corrected chi connectivity index (χ3v) is 4.22. The molecule has 0 saturated carbocycles. The van der Waals surface area contributed by atoms with Crippen LogP contribution in [-0.2, 0) is 11.2 Å². The summed E-state index contributed by atoms with van der Waals surface area (Å²) in [7, 11) is 0. The van der Waals surface area contributed by atoms with Crippen LogP contribution >= 0.6 is 0 Å². The third-order valence-electron chi connectivity index (χ3n) is 4.22. The van der Waals surface area contributed by atoms with E-state index in [1.165, 1.54) is 6.08 Å². The predicted octanol–water partition coefficient (Wildman–Crippen LogP) is 4.16. The Bertz CT molecular complexity index is 998. The average Bonchev–Trinajstić information content (AvgIpc) is 2.75. The van der Waals surface area contributed by atoms with E-state index in [4.69, 9.17) is 4.74 Å². The van der Waals surface area contributed by atoms with Crippen molar-refractivity contribution in [1.29, 1.82) is 0 Å². The van der Waals surface area contributed by atoms with Crippen molar-refractivity contribution in [3.8, 4) is 5.75 Å². The van der Waals surface area contributed by atoms with E-state index in [9.17, 15) is 14.7 Å². The van der Waals surface area contributed by atoms with E-state index in [0.717, 1.165) is 12.0 Å². The number of para-hydroxylation sites is 1. The number of hydrogen-bond acceptors (Lipinski definition) is 3. The van der Waals surface area contributed by atoms with Gasteiger partial charge in [-0.2, -0.15) is 0 Å². The van der Waals surface area contributed by atoms with E-state index >= 15 is 0 Å². The van der Waals surface area contributed by atoms with Crippen LogP contribution in [0.25, 0.3) is 6.08 Å². The Balaban J connectivity index is 1.74. The monoisotopic (exact) mass is 387 g/mol. The number of carbonyl (C=O) groups excluding carboxylic acids is 1. The van der Waals surface area contributed by atoms with Crippen molar-refractivity contribution in [2.45, 2.75) is 6.42 Å². The molecule has 0 heterocycles. The summed E-state index contributed by atoms with van der Waals surface area (Å²) in [4.78, 5) is 24.0. The van der Waals surface area contributed by atoms with Crippen LogP contribution in [0.3, 0.4) is 0 Å². The summed E-state index contributed by atoms with van der Waals surface area (Å²) in [6.07, 6.45) is 2.14. The number of rotatable bonds is 8. The van der Waals surface area contributed by atoms with Gasteiger partial charge in [-0.25, -0.2) is 4.79 Å². The molecule has 0 bridgehead atoms. The molecule has 1 amide bonds. The van der Waals surface area contributed by atoms with Crippen molar-refractivity contribution >= 4 is 18.0 Å². The normalized spacial score (nSPS) is 11.0. The lowest BCUT2D eigenvalue weighted by molar-refractivity contribution is -0.132. The minimum Gasteiger partial charge on any atom is -0.493 e. The molecule has 0 atom stereocenters. The van der Waals surface area contributed by atoms with Gasteiger partial charge in [0.2, 0.25) is 0 Å². The highest BCUT2D eigenvalue weighted by Crippen LogP contribution is 2.21. The number of carboxylic acids is 1. The number of benzene rings is 3. The fourth-order valence-corrected chi connectivity index (χ4v) is 2.75. The van der Waals surface area contributed by atoms with Gasteiger partial charge in [-0.05, 0) is 29.8 Å². The molecule has 2 N–H and O–H groups in total. The minimum atomic E-state index is -1.23. The average molecular weight is 387 g/mol. The van der Waals surface area contributed by atoms with Crippen LogP contribution < -0.4 is 10.1 Å². The lowest BCUT2D eigenvalue weighted by atomic mass is 10.1. The van der Waals surface area contributed by atoms with Gasteiger partial charge in [-0.1, -0.05) is 66.7 Å². The summed E-state index contributed by atoms with van der Waals surface area (Å²) >= 11 is 0. The van der Waals surface area contributed by atoms with Crippen LogP contribution in [-0.4, -0.2) is 23.6 Å². The Hall–Kier alpha value is -3.86. The number of aliphatic carboxylic acids is 1. The van der Waals surface area contributed by atoms with Gasteiger partial charge >= 0.3 is 5.97 Å². The number of nitrogens with one attached hydrogen (secondary N) is 1. The Morgan fingerprint density at radius 2 is 1.48 bits per heavy atom. The summed E-state index contributed by atoms with van der Waals surface area (Å²) in [5, 5.41) is 12.0. The van der Waals surface area contributed by atoms with Crippen molar-refractivity contribution in [2.24, 2.45) is 0 Å². The second kappa shape index (κ2) is 9.90. The van der Waals surface area contributed by atoms with Crippen molar-refractivity contribution in [1.82, 2.24) is 5.32 Å². The molecule has 0 aliphatic heterocycles. The molecule has 0 unspecified atom stereocenters. The van der Waals surface area contributed by atoms with Gasteiger partial charge in [0.05, 0.1) is 6.61 Å². The Labute approximate surface area is 169 Å². The maximum atomic E-state index is 12.3. The van der Waals surface area contributed by atoms with Crippen LogP contribution in [0, 0.1) is 0 Å². The van der Waals surface area contributed by atoms with Gasteiger partial charge in [0.15, 0.2) is 0 Å². The summed E-state index contributed by atoms with van der Waals surface area (Å²) in [5.41, 5.74) is 1.89. The minimum absolute atomic E-state index is 0.224. The molecule has 0 saturated heterocycles. The first-order chi connectivity index (χ1) is 14.1. The largest absolute Gasteiger partial charge is 0.493 e. The molecule has 0 aromatic heterocycles. The molecular formula is C24H21NO4. The van der Waals surface area contributed by atoms with E-state index in [1.54, 1.807) is 48.5 Å². The number of hydrogen-bond donors (Lipinski definition) is 2. The lowest BCUT2D eigenvalue weighted by Crippen LogP contribution is -2.27. The maximum Gasteiger partial charge on any atom is 0.352 e. The Kier molecular flexibility index (Phi) is 6.79. The first-order valence-corrected chi connectivity index (χ1v) is 9.20. The molecule has 29 heavy (non-hydrogen) atoms. The second-order valence-corrected chi connectivity index (χ2v) is 6.31. The van der Waals surface area contributed by atoms with E-state index in [0.29, 0.717) is 23.5 Å². The smallest absolute Gasteiger partial charge is 0.352 e. The maximum absolute atomic E-state index is 12.3. The van der Waals surface area contributed by atoms with Gasteiger partial charge in [0.1, 0.15) is 11.4 Å². The van der Waals surface area contributed by atoms with Crippen molar-refractivity contribution in [3.05, 3.63) is 107 Å². The molecule has 5 heteroatoms. The highest BCUT2D eigenvalue weighted by molar-refractivity contribution is 6.02. The third kappa shape index (κ3) is 5.81. The Morgan fingerprint density at radius 3 is 2.17 bits per heavy atom. The number of amides is 1. The van der Waals surface area contributed by atoms with E-state index in [1.807, 2.05) is 36.4 Å². The topological polar surface area (TPSA) is 75.6 Å². The fraction of sp³-hybridized carbons (Fsp3) is 0.0833. The number of carboxylic acid groups (broad SMARTS) is 1. The zero-order chi connectivity index (χ0) is 20.5. The molecule has 0 radical (unpaired) electrons. The molecule has 5 nitrogen and oxygen atoms in total. The molecule has 3 aromatic rings. The highest BCUT2D eigenvalue weighted by atomic mass is 16.5. The summed E-state index contributed by atoms with van der Waals surface area (Å²) in [6.45, 7) is 0.452. The highest BCUT2D eigenvalue weighted by Gasteiger charge is 2.14. The van der Waals surface area contributed by atoms with Crippen LogP contribution in [0.4, 0.5) is 0 Å². The molecule has 146 valence electrons. The summed E-state index contributed by atoms with van der Waals surface area (Å²) in [6, 6.07) is 25.5. The quantitative estimate of drug-likeness (QED) is 0.569. The molecule has 0 fully saturated rings. The molecule has 3 aromatic carbocycles. The van der Waals surface area contributed by atoms with Crippen molar-refractivity contribution < 1.29 is 19.4 Å². The predicted molar refractivity (Wildman–Crippen MR) is 112 cm³/mol. The first kappa shape index (κ1) is 19.9. The second-order valence-electron chi connectivity index (χ2n) is 6.31.